The molecule has 0 aliphatic carbocycles. The first-order chi connectivity index (χ1) is 6.87. The standard InChI is InChI=1S/C8H10NO5P/c1-6(10)9-7-2-4-8(5-3-7)14-15(11,12)13/h2-5H,1H3,(H,9,10)(H2,11,12,13). The van der Waals surface area contributed by atoms with Gasteiger partial charge in [0, 0.05) is 12.6 Å². The SMILES string of the molecule is CC(=O)Nc1ccc(OP(=O)(O)O)cc1. The smallest absolute Gasteiger partial charge is 0.404 e. The number of phosphoric acid groups is 1. The lowest BCUT2D eigenvalue weighted by Gasteiger charge is -2.07. The minimum Gasteiger partial charge on any atom is -0.404 e. The first-order valence-corrected chi connectivity index (χ1v) is 5.53. The highest BCUT2D eigenvalue weighted by Gasteiger charge is 2.15. The van der Waals surface area contributed by atoms with E-state index in [1.807, 2.05) is 0 Å². The Bertz CT molecular complexity index is 396. The molecule has 6 nitrogen and oxygen atoms in total. The van der Waals surface area contributed by atoms with Crippen LogP contribution in [0, 0.1) is 0 Å². The molecule has 0 aliphatic heterocycles. The summed E-state index contributed by atoms with van der Waals surface area (Å²) < 4.78 is 14.8. The number of hydrogen-bond donors (Lipinski definition) is 3. The van der Waals surface area contributed by atoms with Crippen LogP contribution in [0.1, 0.15) is 6.92 Å². The molecule has 1 rings (SSSR count). The fourth-order valence-electron chi connectivity index (χ4n) is 0.940. The molecule has 0 radical (unpaired) electrons. The molecular weight excluding hydrogens is 221 g/mol. The molecule has 0 atom stereocenters. The number of phosphoric ester groups is 1. The number of carbonyl (C=O) groups is 1. The van der Waals surface area contributed by atoms with Crippen molar-refractivity contribution in [3.8, 4) is 5.75 Å². The molecule has 0 saturated heterocycles. The molecule has 1 amide bonds. The van der Waals surface area contributed by atoms with Crippen molar-refractivity contribution in [3.05, 3.63) is 24.3 Å². The maximum atomic E-state index is 10.7. The van der Waals surface area contributed by atoms with Gasteiger partial charge in [-0.1, -0.05) is 0 Å². The number of benzene rings is 1. The first-order valence-electron chi connectivity index (χ1n) is 3.99. The Morgan fingerprint density at radius 3 is 2.27 bits per heavy atom. The second-order valence-corrected chi connectivity index (χ2v) is 3.95. The Hall–Kier alpha value is -1.36. The minimum atomic E-state index is -4.52. The molecule has 82 valence electrons. The van der Waals surface area contributed by atoms with E-state index in [4.69, 9.17) is 9.79 Å². The minimum absolute atomic E-state index is 0.0393. The molecule has 15 heavy (non-hydrogen) atoms. The van der Waals surface area contributed by atoms with Crippen LogP contribution >= 0.6 is 7.82 Å². The second kappa shape index (κ2) is 4.44. The monoisotopic (exact) mass is 231 g/mol. The summed E-state index contributed by atoms with van der Waals surface area (Å²) in [5.41, 5.74) is 0.528. The zero-order valence-electron chi connectivity index (χ0n) is 7.88. The number of amides is 1. The molecule has 3 N–H and O–H groups in total. The highest BCUT2D eigenvalue weighted by molar-refractivity contribution is 7.46. The lowest BCUT2D eigenvalue weighted by atomic mass is 10.3. The van der Waals surface area contributed by atoms with Crippen LogP contribution in [0.5, 0.6) is 5.75 Å². The number of rotatable bonds is 3. The van der Waals surface area contributed by atoms with Gasteiger partial charge in [-0.3, -0.25) is 14.6 Å². The fraction of sp³-hybridized carbons (Fsp3) is 0.125. The van der Waals surface area contributed by atoms with E-state index in [9.17, 15) is 9.36 Å². The summed E-state index contributed by atoms with van der Waals surface area (Å²) in [5, 5.41) is 2.51. The van der Waals surface area contributed by atoms with E-state index in [2.05, 4.69) is 9.84 Å². The average molecular weight is 231 g/mol. The van der Waals surface area contributed by atoms with Crippen molar-refractivity contribution in [2.75, 3.05) is 5.32 Å². The van der Waals surface area contributed by atoms with Crippen molar-refractivity contribution >= 4 is 19.4 Å². The number of hydrogen-bond acceptors (Lipinski definition) is 3. The van der Waals surface area contributed by atoms with Crippen molar-refractivity contribution in [2.24, 2.45) is 0 Å². The molecule has 0 saturated carbocycles. The van der Waals surface area contributed by atoms with Crippen LogP contribution < -0.4 is 9.84 Å². The number of nitrogens with one attached hydrogen (secondary N) is 1. The van der Waals surface area contributed by atoms with Crippen molar-refractivity contribution in [2.45, 2.75) is 6.92 Å². The summed E-state index contributed by atoms with van der Waals surface area (Å²) in [5.74, 6) is -0.184. The van der Waals surface area contributed by atoms with Gasteiger partial charge in [-0.15, -0.1) is 0 Å². The van der Waals surface area contributed by atoms with Crippen LogP contribution in [0.3, 0.4) is 0 Å². The van der Waals surface area contributed by atoms with E-state index in [0.717, 1.165) is 0 Å². The van der Waals surface area contributed by atoms with E-state index < -0.39 is 7.82 Å². The van der Waals surface area contributed by atoms with Crippen LogP contribution in [-0.2, 0) is 9.36 Å². The van der Waals surface area contributed by atoms with Gasteiger partial charge in [0.15, 0.2) is 0 Å². The van der Waals surface area contributed by atoms with Crippen LogP contribution in [-0.4, -0.2) is 15.7 Å². The Morgan fingerprint density at radius 1 is 1.33 bits per heavy atom. The second-order valence-electron chi connectivity index (χ2n) is 2.79. The zero-order chi connectivity index (χ0) is 11.5. The molecule has 7 heteroatoms. The maximum absolute atomic E-state index is 10.7. The molecule has 0 unspecified atom stereocenters. The quantitative estimate of drug-likeness (QED) is 0.677. The summed E-state index contributed by atoms with van der Waals surface area (Å²) in [4.78, 5) is 27.7. The van der Waals surface area contributed by atoms with Gasteiger partial charge in [-0.25, -0.2) is 4.57 Å². The topological polar surface area (TPSA) is 95.9 Å². The molecule has 0 bridgehead atoms. The van der Waals surface area contributed by atoms with Gasteiger partial charge >= 0.3 is 7.82 Å². The number of anilines is 1. The van der Waals surface area contributed by atoms with Crippen LogP contribution in [0.15, 0.2) is 24.3 Å². The van der Waals surface area contributed by atoms with Crippen molar-refractivity contribution < 1.29 is 23.7 Å². The van der Waals surface area contributed by atoms with E-state index in [-0.39, 0.29) is 11.7 Å². The van der Waals surface area contributed by atoms with Gasteiger partial charge in [0.25, 0.3) is 0 Å². The fourth-order valence-corrected chi connectivity index (χ4v) is 1.34. The largest absolute Gasteiger partial charge is 0.524 e. The van der Waals surface area contributed by atoms with Crippen LogP contribution in [0.4, 0.5) is 5.69 Å². The third kappa shape index (κ3) is 4.60. The van der Waals surface area contributed by atoms with E-state index in [1.165, 1.54) is 31.2 Å². The van der Waals surface area contributed by atoms with E-state index >= 15 is 0 Å². The first kappa shape index (κ1) is 11.7. The van der Waals surface area contributed by atoms with Gasteiger partial charge in [-0.2, -0.15) is 0 Å². The van der Waals surface area contributed by atoms with Crippen LogP contribution in [0.2, 0.25) is 0 Å². The van der Waals surface area contributed by atoms with Crippen molar-refractivity contribution in [1.29, 1.82) is 0 Å². The number of carbonyl (C=O) groups excluding carboxylic acids is 1. The molecule has 0 aliphatic rings. The van der Waals surface area contributed by atoms with E-state index in [0.29, 0.717) is 5.69 Å². The average Bonchev–Trinajstić information content (AvgIpc) is 2.05. The molecule has 0 aromatic heterocycles. The Morgan fingerprint density at radius 2 is 1.87 bits per heavy atom. The summed E-state index contributed by atoms with van der Waals surface area (Å²) in [7, 11) is -4.52. The highest BCUT2D eigenvalue weighted by Crippen LogP contribution is 2.37. The third-order valence-corrected chi connectivity index (χ3v) is 1.85. The molecule has 1 aromatic rings. The van der Waals surface area contributed by atoms with Gasteiger partial charge < -0.3 is 9.84 Å². The molecular formula is C8H10NO5P. The Labute approximate surface area is 86.1 Å². The van der Waals surface area contributed by atoms with Gasteiger partial charge in [-0.05, 0) is 24.3 Å². The van der Waals surface area contributed by atoms with Crippen molar-refractivity contribution in [3.63, 3.8) is 0 Å². The lowest BCUT2D eigenvalue weighted by molar-refractivity contribution is -0.114. The molecule has 0 fully saturated rings. The molecule has 0 spiro atoms. The van der Waals surface area contributed by atoms with Gasteiger partial charge in [0.05, 0.1) is 0 Å². The van der Waals surface area contributed by atoms with E-state index in [1.54, 1.807) is 0 Å². The normalized spacial score (nSPS) is 10.9. The zero-order valence-corrected chi connectivity index (χ0v) is 8.77. The van der Waals surface area contributed by atoms with Crippen molar-refractivity contribution in [1.82, 2.24) is 0 Å². The lowest BCUT2D eigenvalue weighted by Crippen LogP contribution is -2.05. The predicted molar refractivity (Wildman–Crippen MR) is 53.4 cm³/mol. The Balaban J connectivity index is 2.72. The highest BCUT2D eigenvalue weighted by atomic mass is 31.2. The third-order valence-electron chi connectivity index (χ3n) is 1.40. The Kier molecular flexibility index (Phi) is 3.47. The predicted octanol–water partition coefficient (Wildman–Crippen LogP) is 1.12. The summed E-state index contributed by atoms with van der Waals surface area (Å²) in [6, 6.07) is 5.66. The van der Waals surface area contributed by atoms with Crippen LogP contribution in [0.25, 0.3) is 0 Å². The summed E-state index contributed by atoms with van der Waals surface area (Å²) >= 11 is 0. The molecule has 0 heterocycles. The summed E-state index contributed by atoms with van der Waals surface area (Å²) in [6.07, 6.45) is 0. The summed E-state index contributed by atoms with van der Waals surface area (Å²) in [6.45, 7) is 1.36. The van der Waals surface area contributed by atoms with Gasteiger partial charge in [0.1, 0.15) is 5.75 Å². The maximum Gasteiger partial charge on any atom is 0.524 e. The van der Waals surface area contributed by atoms with Gasteiger partial charge in [0.2, 0.25) is 5.91 Å². The molecule has 1 aromatic carbocycles.